The topological polar surface area (TPSA) is 157 Å². The van der Waals surface area contributed by atoms with Crippen molar-refractivity contribution in [2.24, 2.45) is 24.2 Å². The summed E-state index contributed by atoms with van der Waals surface area (Å²) in [7, 11) is 1.76. The smallest absolute Gasteiger partial charge is 0.250 e. The first-order valence-corrected chi connectivity index (χ1v) is 14.9. The Bertz CT molecular complexity index is 1940. The highest BCUT2D eigenvalue weighted by molar-refractivity contribution is 5.99. The molecule has 0 unspecified atom stereocenters. The van der Waals surface area contributed by atoms with E-state index in [-0.39, 0.29) is 16.5 Å². The van der Waals surface area contributed by atoms with Crippen LogP contribution in [0.4, 0.5) is 11.4 Å². The number of aryl methyl sites for hydroxylation is 1. The van der Waals surface area contributed by atoms with Gasteiger partial charge in [0.05, 0.1) is 39.6 Å². The van der Waals surface area contributed by atoms with Gasteiger partial charge in [-0.15, -0.1) is 0 Å². The summed E-state index contributed by atoms with van der Waals surface area (Å²) in [6.45, 7) is 6.96. The minimum absolute atomic E-state index is 0.0459. The molecule has 0 saturated heterocycles. The van der Waals surface area contributed by atoms with E-state index in [1.54, 1.807) is 23.7 Å². The molecule has 1 atom stereocenters. The first-order chi connectivity index (χ1) is 21.0. The minimum atomic E-state index is -0.483. The monoisotopic (exact) mass is 587 g/mol. The summed E-state index contributed by atoms with van der Waals surface area (Å²) in [6.07, 6.45) is 6.94. The fraction of sp³-hybridized carbons (Fsp3) is 0.353. The molecule has 6 N–H and O–H groups in total. The first-order valence-electron chi connectivity index (χ1n) is 14.9. The summed E-state index contributed by atoms with van der Waals surface area (Å²) < 4.78 is 1.63. The van der Waals surface area contributed by atoms with Crippen molar-refractivity contribution < 1.29 is 0 Å². The van der Waals surface area contributed by atoms with Gasteiger partial charge < -0.3 is 25.9 Å². The highest BCUT2D eigenvalue weighted by Gasteiger charge is 2.56. The summed E-state index contributed by atoms with van der Waals surface area (Å²) in [5.74, 6) is 7.00. The lowest BCUT2D eigenvalue weighted by Gasteiger charge is -2.62. The summed E-state index contributed by atoms with van der Waals surface area (Å²) >= 11 is 0. The van der Waals surface area contributed by atoms with Gasteiger partial charge in [-0.25, -0.2) is 0 Å². The molecule has 2 heterocycles. The van der Waals surface area contributed by atoms with Crippen molar-refractivity contribution in [3.8, 4) is 12.1 Å². The van der Waals surface area contributed by atoms with Crippen molar-refractivity contribution >= 4 is 33.2 Å². The number of benzene rings is 2. The molecule has 3 fully saturated rings. The van der Waals surface area contributed by atoms with Gasteiger partial charge in [0.15, 0.2) is 0 Å². The molecule has 44 heavy (non-hydrogen) atoms. The number of nitriles is 2. The molecular formula is C34H37N9O. The number of fused-ring (bicyclic) bond motifs is 2. The van der Waals surface area contributed by atoms with Crippen LogP contribution in [-0.4, -0.2) is 21.6 Å². The van der Waals surface area contributed by atoms with Crippen LogP contribution >= 0.6 is 0 Å². The fourth-order valence-electron chi connectivity index (χ4n) is 6.37. The maximum Gasteiger partial charge on any atom is 0.250 e. The number of hydrazine groups is 1. The summed E-state index contributed by atoms with van der Waals surface area (Å²) in [6, 6.07) is 17.0. The molecule has 4 aromatic rings. The molecule has 2 aromatic carbocycles. The van der Waals surface area contributed by atoms with Crippen LogP contribution in [0.2, 0.25) is 0 Å². The van der Waals surface area contributed by atoms with Crippen LogP contribution in [0.1, 0.15) is 62.8 Å². The molecule has 7 rings (SSSR count). The van der Waals surface area contributed by atoms with Crippen molar-refractivity contribution in [3.05, 3.63) is 87.6 Å². The third-order valence-corrected chi connectivity index (χ3v) is 8.88. The van der Waals surface area contributed by atoms with E-state index < -0.39 is 6.04 Å². The molecule has 0 amide bonds. The molecule has 3 saturated carbocycles. The van der Waals surface area contributed by atoms with E-state index in [9.17, 15) is 15.3 Å². The molecule has 10 heteroatoms. The SMILES string of the molecule is Cn1c(=O)ccc2c([C@H](Nc3cc(C#N)c4ncc(C#N)c(NCC(C)(C)C)c4c3)/C(=C/NC34CC(C3)C4)NN)cccc21. The number of nitrogens with two attached hydrogens (primary N) is 1. The molecule has 3 aliphatic rings. The Morgan fingerprint density at radius 2 is 1.89 bits per heavy atom. The van der Waals surface area contributed by atoms with Gasteiger partial charge in [-0.05, 0) is 60.4 Å². The Balaban J connectivity index is 1.50. The zero-order valence-corrected chi connectivity index (χ0v) is 25.5. The van der Waals surface area contributed by atoms with Gasteiger partial charge in [0.2, 0.25) is 0 Å². The van der Waals surface area contributed by atoms with Gasteiger partial charge in [0, 0.05) is 54.1 Å². The van der Waals surface area contributed by atoms with Crippen LogP contribution in [0.25, 0.3) is 21.8 Å². The Labute approximate surface area is 256 Å². The second kappa shape index (κ2) is 10.9. The fourth-order valence-corrected chi connectivity index (χ4v) is 6.37. The Hall–Kier alpha value is -5.06. The molecule has 0 aliphatic heterocycles. The number of rotatable bonds is 9. The molecule has 2 aromatic heterocycles. The van der Waals surface area contributed by atoms with Crippen molar-refractivity contribution in [3.63, 3.8) is 0 Å². The number of pyridine rings is 2. The average Bonchev–Trinajstić information content (AvgIpc) is 2.96. The predicted molar refractivity (Wildman–Crippen MR) is 173 cm³/mol. The van der Waals surface area contributed by atoms with E-state index in [0.717, 1.165) is 41.6 Å². The van der Waals surface area contributed by atoms with Gasteiger partial charge in [0.25, 0.3) is 5.56 Å². The Morgan fingerprint density at radius 3 is 2.52 bits per heavy atom. The van der Waals surface area contributed by atoms with E-state index in [2.05, 4.69) is 59.3 Å². The van der Waals surface area contributed by atoms with Crippen molar-refractivity contribution in [1.82, 2.24) is 20.3 Å². The number of hydrogen-bond acceptors (Lipinski definition) is 9. The van der Waals surface area contributed by atoms with Crippen LogP contribution in [0, 0.1) is 34.0 Å². The maximum atomic E-state index is 12.5. The lowest BCUT2D eigenvalue weighted by atomic mass is 9.50. The van der Waals surface area contributed by atoms with E-state index in [1.807, 2.05) is 36.5 Å². The Kier molecular flexibility index (Phi) is 7.19. The third kappa shape index (κ3) is 5.18. The van der Waals surface area contributed by atoms with Gasteiger partial charge >= 0.3 is 0 Å². The number of hydrogen-bond donors (Lipinski definition) is 5. The average molecular weight is 588 g/mol. The van der Waals surface area contributed by atoms with E-state index in [4.69, 9.17) is 5.84 Å². The molecule has 0 radical (unpaired) electrons. The third-order valence-electron chi connectivity index (χ3n) is 8.88. The number of anilines is 2. The molecule has 10 nitrogen and oxygen atoms in total. The molecule has 3 aliphatic carbocycles. The second-order valence-electron chi connectivity index (χ2n) is 13.3. The predicted octanol–water partition coefficient (Wildman–Crippen LogP) is 4.89. The van der Waals surface area contributed by atoms with Crippen LogP contribution in [0.5, 0.6) is 0 Å². The zero-order chi connectivity index (χ0) is 31.2. The second-order valence-corrected chi connectivity index (χ2v) is 13.3. The molecule has 2 bridgehead atoms. The van der Waals surface area contributed by atoms with Gasteiger partial charge in [-0.1, -0.05) is 32.9 Å². The highest BCUT2D eigenvalue weighted by atomic mass is 16.1. The molecular weight excluding hydrogens is 550 g/mol. The maximum absolute atomic E-state index is 12.5. The zero-order valence-electron chi connectivity index (χ0n) is 25.5. The normalized spacial score (nSPS) is 19.7. The highest BCUT2D eigenvalue weighted by Crippen LogP contribution is 2.57. The largest absolute Gasteiger partial charge is 0.384 e. The molecule has 0 spiro atoms. The van der Waals surface area contributed by atoms with E-state index >= 15 is 0 Å². The van der Waals surface area contributed by atoms with Crippen molar-refractivity contribution in [2.45, 2.75) is 51.6 Å². The Morgan fingerprint density at radius 1 is 1.14 bits per heavy atom. The van der Waals surface area contributed by atoms with Crippen LogP contribution in [0.15, 0.2) is 65.4 Å². The quantitative estimate of drug-likeness (QED) is 0.136. The van der Waals surface area contributed by atoms with Gasteiger partial charge in [0.1, 0.15) is 12.1 Å². The summed E-state index contributed by atoms with van der Waals surface area (Å²) in [5, 5.41) is 32.4. The lowest BCUT2D eigenvalue weighted by molar-refractivity contribution is -0.0402. The molecule has 224 valence electrons. The number of aromatic nitrogens is 2. The summed E-state index contributed by atoms with van der Waals surface area (Å²) in [5.41, 5.74) is 7.89. The van der Waals surface area contributed by atoms with Crippen molar-refractivity contribution in [2.75, 3.05) is 17.2 Å². The number of nitrogens with one attached hydrogen (secondary N) is 4. The minimum Gasteiger partial charge on any atom is -0.384 e. The van der Waals surface area contributed by atoms with Gasteiger partial charge in [-0.2, -0.15) is 10.5 Å². The van der Waals surface area contributed by atoms with Crippen molar-refractivity contribution in [1.29, 1.82) is 10.5 Å². The van der Waals surface area contributed by atoms with E-state index in [0.29, 0.717) is 45.6 Å². The first kappa shape index (κ1) is 29.0. The van der Waals surface area contributed by atoms with E-state index in [1.165, 1.54) is 6.20 Å². The van der Waals surface area contributed by atoms with Gasteiger partial charge in [-0.3, -0.25) is 15.6 Å². The van der Waals surface area contributed by atoms with Crippen LogP contribution in [0.3, 0.4) is 0 Å². The number of nitrogens with zero attached hydrogens (tertiary/aromatic N) is 4. The summed E-state index contributed by atoms with van der Waals surface area (Å²) in [4.78, 5) is 17.0. The van der Waals surface area contributed by atoms with Crippen LogP contribution < -0.4 is 32.8 Å². The lowest BCUT2D eigenvalue weighted by Crippen LogP contribution is -2.65. The standard InChI is InChI=1S/C34H37N9O/c1-33(2,3)19-39-31-22(16-36)17-38-30-21(15-35)10-23(11-26(30)31)41-32(27(42-37)18-40-34-12-20(13-34)14-34)25-6-5-7-28-24(25)8-9-29(44)43(28)4/h5-11,17-18,20,32,40-42H,12-14,19,37H2,1-4H3,(H,38,39)/b27-18-/t20?,32-,34?/m0/s1. The van der Waals surface area contributed by atoms with Crippen LogP contribution in [-0.2, 0) is 7.05 Å².